The molecule has 7 nitrogen and oxygen atoms in total. The van der Waals surface area contributed by atoms with Crippen molar-refractivity contribution in [2.45, 2.75) is 44.2 Å². The number of anilines is 1. The zero-order valence-electron chi connectivity index (χ0n) is 18.1. The van der Waals surface area contributed by atoms with Gasteiger partial charge in [0.2, 0.25) is 5.91 Å². The zero-order valence-corrected chi connectivity index (χ0v) is 18.9. The van der Waals surface area contributed by atoms with Crippen LogP contribution in [0.1, 0.15) is 43.7 Å². The standard InChI is InChI=1S/C24H29ClN6O/c25-18-6-4-17(5-7-18)21(30-12-2-1-3-13-30)24(32)31-14-9-19(10-15-31)29-23-20-8-11-26-22(20)27-16-28-23/h4-8,11,16,19,21H,1-3,9-10,12-15H2,(H2,26,27,28,29). The number of H-pyrrole nitrogens is 1. The van der Waals surface area contributed by atoms with E-state index in [1.165, 1.54) is 6.42 Å². The molecule has 168 valence electrons. The van der Waals surface area contributed by atoms with Gasteiger partial charge in [0.15, 0.2) is 0 Å². The average Bonchev–Trinajstić information content (AvgIpc) is 3.32. The number of aromatic amines is 1. The Kier molecular flexibility index (Phi) is 6.28. The first-order chi connectivity index (χ1) is 15.7. The second-order valence-corrected chi connectivity index (χ2v) is 9.19. The second-order valence-electron chi connectivity index (χ2n) is 8.76. The average molecular weight is 453 g/mol. The van der Waals surface area contributed by atoms with E-state index in [4.69, 9.17) is 11.6 Å². The van der Waals surface area contributed by atoms with Crippen molar-refractivity contribution in [2.24, 2.45) is 0 Å². The van der Waals surface area contributed by atoms with E-state index in [9.17, 15) is 4.79 Å². The van der Waals surface area contributed by atoms with Gasteiger partial charge in [-0.25, -0.2) is 9.97 Å². The number of nitrogens with zero attached hydrogens (tertiary/aromatic N) is 4. The fraction of sp³-hybridized carbons (Fsp3) is 0.458. The van der Waals surface area contributed by atoms with Gasteiger partial charge in [0.05, 0.1) is 5.39 Å². The van der Waals surface area contributed by atoms with Crippen LogP contribution in [0.25, 0.3) is 11.0 Å². The van der Waals surface area contributed by atoms with Crippen LogP contribution in [0, 0.1) is 0 Å². The third-order valence-electron chi connectivity index (χ3n) is 6.68. The fourth-order valence-electron chi connectivity index (χ4n) is 4.93. The molecule has 5 rings (SSSR count). The number of carbonyl (C=O) groups is 1. The molecular weight excluding hydrogens is 424 g/mol. The Morgan fingerprint density at radius 1 is 1.03 bits per heavy atom. The molecule has 0 aliphatic carbocycles. The van der Waals surface area contributed by atoms with Crippen molar-refractivity contribution < 1.29 is 4.79 Å². The first-order valence-corrected chi connectivity index (χ1v) is 11.9. The zero-order chi connectivity index (χ0) is 21.9. The van der Waals surface area contributed by atoms with E-state index in [0.717, 1.165) is 74.3 Å². The van der Waals surface area contributed by atoms with Crippen LogP contribution in [0.2, 0.25) is 5.02 Å². The lowest BCUT2D eigenvalue weighted by Gasteiger charge is -2.39. The van der Waals surface area contributed by atoms with Gasteiger partial charge in [0, 0.05) is 30.4 Å². The summed E-state index contributed by atoms with van der Waals surface area (Å²) in [5.41, 5.74) is 1.87. The fourth-order valence-corrected chi connectivity index (χ4v) is 5.06. The number of likely N-dealkylation sites (tertiary alicyclic amines) is 2. The summed E-state index contributed by atoms with van der Waals surface area (Å²) in [6, 6.07) is 9.85. The highest BCUT2D eigenvalue weighted by Crippen LogP contribution is 2.29. The van der Waals surface area contributed by atoms with Crippen LogP contribution in [-0.2, 0) is 4.79 Å². The van der Waals surface area contributed by atoms with Gasteiger partial charge in [0.25, 0.3) is 0 Å². The van der Waals surface area contributed by atoms with Crippen molar-refractivity contribution in [3.05, 3.63) is 53.4 Å². The van der Waals surface area contributed by atoms with Gasteiger partial charge < -0.3 is 15.2 Å². The molecule has 3 aromatic rings. The number of rotatable bonds is 5. The van der Waals surface area contributed by atoms with Crippen LogP contribution in [0.4, 0.5) is 5.82 Å². The molecule has 0 spiro atoms. The summed E-state index contributed by atoms with van der Waals surface area (Å²) >= 11 is 6.12. The van der Waals surface area contributed by atoms with E-state index in [1.54, 1.807) is 6.33 Å². The smallest absolute Gasteiger partial charge is 0.244 e. The number of carbonyl (C=O) groups excluding carboxylic acids is 1. The molecule has 2 fully saturated rings. The normalized spacial score (nSPS) is 19.2. The molecule has 2 aromatic heterocycles. The number of fused-ring (bicyclic) bond motifs is 1. The molecule has 1 unspecified atom stereocenters. The Morgan fingerprint density at radius 2 is 1.78 bits per heavy atom. The summed E-state index contributed by atoms with van der Waals surface area (Å²) in [7, 11) is 0. The minimum Gasteiger partial charge on any atom is -0.367 e. The number of hydrogen-bond acceptors (Lipinski definition) is 5. The number of amides is 1. The SMILES string of the molecule is O=C(C(c1ccc(Cl)cc1)N1CCCCC1)N1CCC(Nc2ncnc3[nH]ccc23)CC1. The van der Waals surface area contributed by atoms with Crippen molar-refractivity contribution in [1.29, 1.82) is 0 Å². The molecule has 0 radical (unpaired) electrons. The monoisotopic (exact) mass is 452 g/mol. The highest BCUT2D eigenvalue weighted by molar-refractivity contribution is 6.30. The third kappa shape index (κ3) is 4.45. The first kappa shape index (κ1) is 21.2. The summed E-state index contributed by atoms with van der Waals surface area (Å²) < 4.78 is 0. The van der Waals surface area contributed by atoms with Gasteiger partial charge in [-0.15, -0.1) is 0 Å². The van der Waals surface area contributed by atoms with Crippen molar-refractivity contribution in [3.8, 4) is 0 Å². The first-order valence-electron chi connectivity index (χ1n) is 11.5. The molecule has 0 bridgehead atoms. The summed E-state index contributed by atoms with van der Waals surface area (Å²) in [5, 5.41) is 5.27. The van der Waals surface area contributed by atoms with Gasteiger partial charge in [-0.3, -0.25) is 9.69 Å². The predicted octanol–water partition coefficient (Wildman–Crippen LogP) is 4.24. The van der Waals surface area contributed by atoms with Crippen LogP contribution < -0.4 is 5.32 Å². The molecule has 1 amide bonds. The number of halogens is 1. The van der Waals surface area contributed by atoms with E-state index < -0.39 is 0 Å². The quantitative estimate of drug-likeness (QED) is 0.605. The van der Waals surface area contributed by atoms with Crippen molar-refractivity contribution in [2.75, 3.05) is 31.5 Å². The molecule has 2 aliphatic rings. The Morgan fingerprint density at radius 3 is 2.53 bits per heavy atom. The van der Waals surface area contributed by atoms with Gasteiger partial charge in [-0.2, -0.15) is 0 Å². The minimum atomic E-state index is -0.224. The molecule has 8 heteroatoms. The number of hydrogen-bond donors (Lipinski definition) is 2. The Hall–Kier alpha value is -2.64. The molecule has 2 aliphatic heterocycles. The molecule has 0 saturated carbocycles. The maximum Gasteiger partial charge on any atom is 0.244 e. The van der Waals surface area contributed by atoms with Gasteiger partial charge in [-0.05, 0) is 62.5 Å². The molecule has 2 saturated heterocycles. The third-order valence-corrected chi connectivity index (χ3v) is 6.93. The highest BCUT2D eigenvalue weighted by atomic mass is 35.5. The van der Waals surface area contributed by atoms with E-state index in [0.29, 0.717) is 5.02 Å². The lowest BCUT2D eigenvalue weighted by molar-refractivity contribution is -0.138. The van der Waals surface area contributed by atoms with Crippen LogP contribution in [-0.4, -0.2) is 62.9 Å². The van der Waals surface area contributed by atoms with Crippen LogP contribution >= 0.6 is 11.6 Å². The number of nitrogens with one attached hydrogen (secondary N) is 2. The Bertz CT molecular complexity index is 1050. The Balaban J connectivity index is 1.27. The maximum absolute atomic E-state index is 13.7. The van der Waals surface area contributed by atoms with Crippen molar-refractivity contribution >= 4 is 34.4 Å². The van der Waals surface area contributed by atoms with Gasteiger partial charge >= 0.3 is 0 Å². The Labute approximate surface area is 193 Å². The molecule has 2 N–H and O–H groups in total. The summed E-state index contributed by atoms with van der Waals surface area (Å²) in [6.45, 7) is 3.43. The van der Waals surface area contributed by atoms with Crippen LogP contribution in [0.15, 0.2) is 42.9 Å². The molecular formula is C24H29ClN6O. The molecule has 4 heterocycles. The second kappa shape index (κ2) is 9.46. The van der Waals surface area contributed by atoms with Crippen LogP contribution in [0.3, 0.4) is 0 Å². The largest absolute Gasteiger partial charge is 0.367 e. The van der Waals surface area contributed by atoms with Gasteiger partial charge in [-0.1, -0.05) is 30.2 Å². The van der Waals surface area contributed by atoms with Crippen LogP contribution in [0.5, 0.6) is 0 Å². The summed E-state index contributed by atoms with van der Waals surface area (Å²) in [5.74, 6) is 1.07. The highest BCUT2D eigenvalue weighted by Gasteiger charge is 2.34. The topological polar surface area (TPSA) is 77.2 Å². The number of aromatic nitrogens is 3. The maximum atomic E-state index is 13.7. The van der Waals surface area contributed by atoms with E-state index in [2.05, 4.69) is 25.2 Å². The number of benzene rings is 1. The lowest BCUT2D eigenvalue weighted by atomic mass is 9.98. The van der Waals surface area contributed by atoms with Crippen molar-refractivity contribution in [3.63, 3.8) is 0 Å². The molecule has 32 heavy (non-hydrogen) atoms. The molecule has 1 atom stereocenters. The summed E-state index contributed by atoms with van der Waals surface area (Å²) in [4.78, 5) is 29.9. The van der Waals surface area contributed by atoms with E-state index >= 15 is 0 Å². The minimum absolute atomic E-state index is 0.211. The van der Waals surface area contributed by atoms with E-state index in [1.807, 2.05) is 41.4 Å². The molecule has 1 aromatic carbocycles. The summed E-state index contributed by atoms with van der Waals surface area (Å²) in [6.07, 6.45) is 8.79. The predicted molar refractivity (Wildman–Crippen MR) is 127 cm³/mol. The van der Waals surface area contributed by atoms with Crippen molar-refractivity contribution in [1.82, 2.24) is 24.8 Å². The lowest BCUT2D eigenvalue weighted by Crippen LogP contribution is -2.49. The van der Waals surface area contributed by atoms with Gasteiger partial charge in [0.1, 0.15) is 23.8 Å². The number of piperidine rings is 2. The van der Waals surface area contributed by atoms with E-state index in [-0.39, 0.29) is 18.0 Å².